The van der Waals surface area contributed by atoms with Crippen LogP contribution in [0.5, 0.6) is 11.5 Å². The number of hydrogen-bond donors (Lipinski definition) is 0. The molecule has 31 heavy (non-hydrogen) atoms. The summed E-state index contributed by atoms with van der Waals surface area (Å²) in [6.45, 7) is 1.89. The zero-order valence-electron chi connectivity index (χ0n) is 17.7. The highest BCUT2D eigenvalue weighted by Crippen LogP contribution is 2.37. The van der Waals surface area contributed by atoms with Crippen molar-refractivity contribution >= 4 is 22.6 Å². The topological polar surface area (TPSA) is 77.3 Å². The third kappa shape index (κ3) is 3.90. The van der Waals surface area contributed by atoms with Crippen LogP contribution in [0, 0.1) is 0 Å². The fraction of sp³-hybridized carbons (Fsp3) is 0.391. The summed E-state index contributed by atoms with van der Waals surface area (Å²) in [4.78, 5) is 21.9. The van der Waals surface area contributed by atoms with Crippen LogP contribution in [0.2, 0.25) is 0 Å². The average Bonchev–Trinajstić information content (AvgIpc) is 3.53. The molecular formula is C23H25N3O5. The summed E-state index contributed by atoms with van der Waals surface area (Å²) in [5.41, 5.74) is 2.30. The van der Waals surface area contributed by atoms with E-state index in [2.05, 4.69) is 6.07 Å². The SMILES string of the molecule is CN(C)c1nc2cc3c(cc2cc1CN(CC1CCCO1)C(=O)c1ccoc1)OCO3. The van der Waals surface area contributed by atoms with Gasteiger partial charge in [0.25, 0.3) is 5.91 Å². The van der Waals surface area contributed by atoms with E-state index in [-0.39, 0.29) is 18.8 Å². The number of furan rings is 1. The first-order chi connectivity index (χ1) is 15.1. The molecule has 2 aromatic heterocycles. The molecule has 1 atom stereocenters. The Labute approximate surface area is 180 Å². The number of aromatic nitrogens is 1. The van der Waals surface area contributed by atoms with Gasteiger partial charge in [0, 0.05) is 50.8 Å². The number of rotatable bonds is 6. The van der Waals surface area contributed by atoms with Crippen molar-refractivity contribution in [2.24, 2.45) is 0 Å². The number of amides is 1. The molecule has 4 heterocycles. The summed E-state index contributed by atoms with van der Waals surface area (Å²) in [5, 5.41) is 0.942. The lowest BCUT2D eigenvalue weighted by Gasteiger charge is -2.27. The molecule has 0 radical (unpaired) electrons. The maximum atomic E-state index is 13.2. The van der Waals surface area contributed by atoms with Gasteiger partial charge in [-0.15, -0.1) is 0 Å². The maximum Gasteiger partial charge on any atom is 0.257 e. The van der Waals surface area contributed by atoms with Crippen LogP contribution >= 0.6 is 0 Å². The number of carbonyl (C=O) groups is 1. The summed E-state index contributed by atoms with van der Waals surface area (Å²) in [6.07, 6.45) is 5.02. The first-order valence-electron chi connectivity index (χ1n) is 10.4. The predicted octanol–water partition coefficient (Wildman–Crippen LogP) is 3.44. The van der Waals surface area contributed by atoms with Crippen LogP contribution in [0.1, 0.15) is 28.8 Å². The summed E-state index contributed by atoms with van der Waals surface area (Å²) >= 11 is 0. The van der Waals surface area contributed by atoms with E-state index in [1.165, 1.54) is 12.5 Å². The van der Waals surface area contributed by atoms with Crippen molar-refractivity contribution in [1.82, 2.24) is 9.88 Å². The molecule has 8 nitrogen and oxygen atoms in total. The molecule has 5 rings (SSSR count). The van der Waals surface area contributed by atoms with Gasteiger partial charge in [0.1, 0.15) is 12.1 Å². The normalized spacial score (nSPS) is 17.3. The van der Waals surface area contributed by atoms with Gasteiger partial charge in [-0.05, 0) is 31.0 Å². The van der Waals surface area contributed by atoms with Gasteiger partial charge in [0.05, 0.1) is 23.4 Å². The van der Waals surface area contributed by atoms with E-state index >= 15 is 0 Å². The highest BCUT2D eigenvalue weighted by Gasteiger charge is 2.26. The highest BCUT2D eigenvalue weighted by molar-refractivity contribution is 5.94. The van der Waals surface area contributed by atoms with Crippen LogP contribution < -0.4 is 14.4 Å². The standard InChI is InChI=1S/C23H25N3O5/c1-25(2)22-17(8-16-9-20-21(31-14-30-20)10-19(16)24-22)11-26(12-18-4-3-6-29-18)23(27)15-5-7-28-13-15/h5,7-10,13,18H,3-4,6,11-12,14H2,1-2H3. The van der Waals surface area contributed by atoms with Crippen molar-refractivity contribution in [3.8, 4) is 11.5 Å². The molecule has 0 N–H and O–H groups in total. The van der Waals surface area contributed by atoms with E-state index in [0.717, 1.165) is 41.7 Å². The minimum Gasteiger partial charge on any atom is -0.472 e. The Balaban J connectivity index is 1.52. The number of fused-ring (bicyclic) bond motifs is 2. The van der Waals surface area contributed by atoms with Crippen LogP contribution in [0.25, 0.3) is 10.9 Å². The van der Waals surface area contributed by atoms with E-state index in [0.29, 0.717) is 30.2 Å². The maximum absolute atomic E-state index is 13.2. The van der Waals surface area contributed by atoms with Crippen molar-refractivity contribution in [1.29, 1.82) is 0 Å². The summed E-state index contributed by atoms with van der Waals surface area (Å²) in [7, 11) is 3.90. The Hall–Kier alpha value is -3.26. The summed E-state index contributed by atoms with van der Waals surface area (Å²) < 4.78 is 22.0. The molecule has 0 spiro atoms. The number of anilines is 1. The third-order valence-electron chi connectivity index (χ3n) is 5.65. The van der Waals surface area contributed by atoms with E-state index in [1.807, 2.05) is 36.0 Å². The van der Waals surface area contributed by atoms with Crippen LogP contribution in [0.15, 0.2) is 41.2 Å². The molecule has 8 heteroatoms. The zero-order valence-corrected chi connectivity index (χ0v) is 17.7. The first-order valence-corrected chi connectivity index (χ1v) is 10.4. The van der Waals surface area contributed by atoms with Gasteiger partial charge in [-0.3, -0.25) is 4.79 Å². The average molecular weight is 423 g/mol. The number of hydrogen-bond acceptors (Lipinski definition) is 7. The smallest absolute Gasteiger partial charge is 0.257 e. The van der Waals surface area contributed by atoms with Crippen molar-refractivity contribution < 1.29 is 23.4 Å². The van der Waals surface area contributed by atoms with E-state index in [4.69, 9.17) is 23.6 Å². The molecular weight excluding hydrogens is 398 g/mol. The molecule has 0 saturated carbocycles. The molecule has 2 aliphatic heterocycles. The van der Waals surface area contributed by atoms with Gasteiger partial charge in [-0.2, -0.15) is 0 Å². The third-order valence-corrected chi connectivity index (χ3v) is 5.65. The molecule has 0 bridgehead atoms. The summed E-state index contributed by atoms with van der Waals surface area (Å²) in [6, 6.07) is 7.60. The lowest BCUT2D eigenvalue weighted by Crippen LogP contribution is -2.37. The second-order valence-corrected chi connectivity index (χ2v) is 8.10. The van der Waals surface area contributed by atoms with Gasteiger partial charge in [0.15, 0.2) is 11.5 Å². The lowest BCUT2D eigenvalue weighted by atomic mass is 10.1. The number of carbonyl (C=O) groups excluding carboxylic acids is 1. The molecule has 1 unspecified atom stereocenters. The van der Waals surface area contributed by atoms with Gasteiger partial charge in [-0.1, -0.05) is 0 Å². The van der Waals surface area contributed by atoms with Gasteiger partial charge < -0.3 is 28.4 Å². The quantitative estimate of drug-likeness (QED) is 0.601. The molecule has 1 fully saturated rings. The van der Waals surface area contributed by atoms with Crippen molar-refractivity contribution in [2.45, 2.75) is 25.5 Å². The minimum atomic E-state index is -0.0836. The van der Waals surface area contributed by atoms with E-state index < -0.39 is 0 Å². The van der Waals surface area contributed by atoms with E-state index in [1.54, 1.807) is 6.07 Å². The Morgan fingerprint density at radius 1 is 1.19 bits per heavy atom. The van der Waals surface area contributed by atoms with Gasteiger partial charge >= 0.3 is 0 Å². The number of nitrogens with zero attached hydrogens (tertiary/aromatic N) is 3. The molecule has 162 valence electrons. The highest BCUT2D eigenvalue weighted by atomic mass is 16.7. The predicted molar refractivity (Wildman–Crippen MR) is 115 cm³/mol. The molecule has 1 saturated heterocycles. The molecule has 3 aromatic rings. The van der Waals surface area contributed by atoms with Crippen molar-refractivity contribution in [3.63, 3.8) is 0 Å². The number of benzene rings is 1. The Kier molecular flexibility index (Phi) is 5.15. The number of ether oxygens (including phenoxy) is 3. The molecule has 2 aliphatic rings. The Bertz CT molecular complexity index is 1090. The minimum absolute atomic E-state index is 0.0425. The van der Waals surface area contributed by atoms with Crippen LogP contribution in [0.3, 0.4) is 0 Å². The van der Waals surface area contributed by atoms with Crippen molar-refractivity contribution in [3.05, 3.63) is 47.9 Å². The van der Waals surface area contributed by atoms with Gasteiger partial charge in [0.2, 0.25) is 6.79 Å². The molecule has 0 aliphatic carbocycles. The second kappa shape index (κ2) is 8.11. The monoisotopic (exact) mass is 423 g/mol. The first kappa shape index (κ1) is 19.7. The van der Waals surface area contributed by atoms with Crippen LogP contribution in [-0.2, 0) is 11.3 Å². The largest absolute Gasteiger partial charge is 0.472 e. The van der Waals surface area contributed by atoms with Crippen LogP contribution in [0.4, 0.5) is 5.82 Å². The lowest BCUT2D eigenvalue weighted by molar-refractivity contribution is 0.0507. The Morgan fingerprint density at radius 3 is 2.74 bits per heavy atom. The molecule has 1 amide bonds. The molecule has 1 aromatic carbocycles. The summed E-state index contributed by atoms with van der Waals surface area (Å²) in [5.74, 6) is 2.14. The zero-order chi connectivity index (χ0) is 21.4. The fourth-order valence-corrected chi connectivity index (χ4v) is 4.13. The Morgan fingerprint density at radius 2 is 2.03 bits per heavy atom. The number of pyridine rings is 1. The second-order valence-electron chi connectivity index (χ2n) is 8.10. The van der Waals surface area contributed by atoms with Crippen LogP contribution in [-0.4, -0.2) is 55.9 Å². The van der Waals surface area contributed by atoms with Gasteiger partial charge in [-0.25, -0.2) is 4.98 Å². The van der Waals surface area contributed by atoms with Crippen molar-refractivity contribution in [2.75, 3.05) is 38.9 Å². The van der Waals surface area contributed by atoms with E-state index in [9.17, 15) is 4.79 Å². The fourth-order valence-electron chi connectivity index (χ4n) is 4.13.